The number of phenolic OH excluding ortho intramolecular Hbond substituents is 1. The molecule has 2 aromatic rings. The van der Waals surface area contributed by atoms with E-state index in [1.54, 1.807) is 24.3 Å². The molecule has 0 unspecified atom stereocenters. The molecule has 1 aliphatic heterocycles. The monoisotopic (exact) mass is 407 g/mol. The van der Waals surface area contributed by atoms with Crippen molar-refractivity contribution in [3.63, 3.8) is 0 Å². The highest BCUT2D eigenvalue weighted by atomic mass is 16.5. The zero-order chi connectivity index (χ0) is 22.3. The number of phenols is 1. The van der Waals surface area contributed by atoms with Gasteiger partial charge in [-0.25, -0.2) is 0 Å². The highest BCUT2D eigenvalue weighted by Gasteiger charge is 2.26. The van der Waals surface area contributed by atoms with Gasteiger partial charge >= 0.3 is 0 Å². The van der Waals surface area contributed by atoms with Gasteiger partial charge in [-0.15, -0.1) is 0 Å². The number of amides is 1. The Kier molecular flexibility index (Phi) is 5.50. The van der Waals surface area contributed by atoms with E-state index >= 15 is 0 Å². The number of hydrogen-bond acceptors (Lipinski definition) is 4. The van der Waals surface area contributed by atoms with Gasteiger partial charge in [0, 0.05) is 16.7 Å². The molecule has 0 atom stereocenters. The maximum Gasteiger partial charge on any atom is 0.262 e. The molecule has 0 aliphatic carbocycles. The van der Waals surface area contributed by atoms with Crippen LogP contribution < -0.4 is 10.1 Å². The molecule has 2 aromatic carbocycles. The van der Waals surface area contributed by atoms with Gasteiger partial charge in [0.2, 0.25) is 0 Å². The lowest BCUT2D eigenvalue weighted by atomic mass is 9.78. The lowest BCUT2D eigenvalue weighted by Crippen LogP contribution is -2.25. The van der Waals surface area contributed by atoms with Crippen LogP contribution in [-0.2, 0) is 15.6 Å². The van der Waals surface area contributed by atoms with E-state index in [2.05, 4.69) is 46.9 Å². The van der Waals surface area contributed by atoms with Crippen LogP contribution in [0.5, 0.6) is 11.5 Å². The Morgan fingerprint density at radius 3 is 2.20 bits per heavy atom. The number of anilines is 1. The number of carbonyl (C=O) groups is 2. The second kappa shape index (κ2) is 7.63. The number of ether oxygens (including phenoxy) is 1. The number of carbonyl (C=O) groups excluding carboxylic acids is 2. The number of benzene rings is 2. The second-order valence-electron chi connectivity index (χ2n) is 9.71. The number of allylic oxidation sites excluding steroid dienone is 1. The predicted molar refractivity (Wildman–Crippen MR) is 119 cm³/mol. The van der Waals surface area contributed by atoms with Gasteiger partial charge in [0.15, 0.2) is 12.4 Å². The fraction of sp³-hybridized carbons (Fsp3) is 0.360. The molecule has 1 aliphatic rings. The summed E-state index contributed by atoms with van der Waals surface area (Å²) in [5.74, 6) is 0.426. The molecule has 30 heavy (non-hydrogen) atoms. The van der Waals surface area contributed by atoms with Gasteiger partial charge in [-0.1, -0.05) is 47.6 Å². The number of nitrogens with one attached hydrogen (secondary N) is 1. The Morgan fingerprint density at radius 1 is 1.03 bits per heavy atom. The molecule has 0 saturated heterocycles. The minimum absolute atomic E-state index is 0.0564. The molecular weight excluding hydrogens is 378 g/mol. The molecule has 2 N–H and O–H groups in total. The lowest BCUT2D eigenvalue weighted by Gasteiger charge is -2.27. The van der Waals surface area contributed by atoms with Crippen LogP contribution in [0.1, 0.15) is 68.6 Å². The highest BCUT2D eigenvalue weighted by Crippen LogP contribution is 2.40. The van der Waals surface area contributed by atoms with E-state index in [1.165, 1.54) is 6.08 Å². The quantitative estimate of drug-likeness (QED) is 0.541. The van der Waals surface area contributed by atoms with Crippen LogP contribution in [0.25, 0.3) is 6.08 Å². The van der Waals surface area contributed by atoms with Gasteiger partial charge < -0.3 is 15.2 Å². The Hall–Kier alpha value is -3.08. The maximum atomic E-state index is 12.7. The molecule has 5 heteroatoms. The predicted octanol–water partition coefficient (Wildman–Crippen LogP) is 5.21. The average Bonchev–Trinajstić information content (AvgIpc) is 2.64. The topological polar surface area (TPSA) is 75.6 Å². The Labute approximate surface area is 177 Å². The standard InChI is InChI=1S/C25H29NO4/c1-24(2,3)17-11-15(12-18(23(17)29)25(4,5)6)7-10-20(27)16-8-9-19-21(13-16)30-14-22(28)26-19/h7-13,29H,14H2,1-6H3,(H,26,28). The first-order chi connectivity index (χ1) is 13.9. The van der Waals surface area contributed by atoms with Crippen LogP contribution in [0.4, 0.5) is 5.69 Å². The van der Waals surface area contributed by atoms with Crippen LogP contribution in [0.15, 0.2) is 36.4 Å². The van der Waals surface area contributed by atoms with E-state index in [9.17, 15) is 14.7 Å². The van der Waals surface area contributed by atoms with Crippen molar-refractivity contribution in [1.29, 1.82) is 0 Å². The molecule has 0 spiro atoms. The van der Waals surface area contributed by atoms with Crippen LogP contribution in [0, 0.1) is 0 Å². The number of fused-ring (bicyclic) bond motifs is 1. The van der Waals surface area contributed by atoms with Crippen molar-refractivity contribution < 1.29 is 19.4 Å². The van der Waals surface area contributed by atoms with E-state index in [0.29, 0.717) is 22.7 Å². The average molecular weight is 408 g/mol. The molecule has 1 heterocycles. The van der Waals surface area contributed by atoms with E-state index in [-0.39, 0.29) is 29.1 Å². The van der Waals surface area contributed by atoms with Crippen molar-refractivity contribution in [2.24, 2.45) is 0 Å². The first-order valence-electron chi connectivity index (χ1n) is 10.0. The minimum atomic E-state index is -0.238. The summed E-state index contributed by atoms with van der Waals surface area (Å²) >= 11 is 0. The second-order valence-corrected chi connectivity index (χ2v) is 9.71. The smallest absolute Gasteiger partial charge is 0.262 e. The number of ketones is 1. The van der Waals surface area contributed by atoms with Gasteiger partial charge in [-0.05, 0) is 52.8 Å². The SMILES string of the molecule is CC(C)(C)c1cc(C=CC(=O)c2ccc3c(c2)OCC(=O)N3)cc(C(C)(C)C)c1O. The third kappa shape index (κ3) is 4.56. The number of rotatable bonds is 3. The summed E-state index contributed by atoms with van der Waals surface area (Å²) in [5, 5.41) is 13.5. The fourth-order valence-electron chi connectivity index (χ4n) is 3.39. The molecule has 1 amide bonds. The molecule has 0 fully saturated rings. The summed E-state index contributed by atoms with van der Waals surface area (Å²) in [4.78, 5) is 24.1. The van der Waals surface area contributed by atoms with E-state index in [4.69, 9.17) is 4.74 Å². The van der Waals surface area contributed by atoms with Crippen LogP contribution >= 0.6 is 0 Å². The van der Waals surface area contributed by atoms with Gasteiger partial charge in [-0.2, -0.15) is 0 Å². The summed E-state index contributed by atoms with van der Waals surface area (Å²) in [5.41, 5.74) is 3.12. The lowest BCUT2D eigenvalue weighted by molar-refractivity contribution is -0.118. The van der Waals surface area contributed by atoms with Crippen LogP contribution in [0.2, 0.25) is 0 Å². The molecular formula is C25H29NO4. The first-order valence-corrected chi connectivity index (χ1v) is 10.0. The maximum absolute atomic E-state index is 12.7. The zero-order valence-electron chi connectivity index (χ0n) is 18.4. The van der Waals surface area contributed by atoms with E-state index in [1.807, 2.05) is 12.1 Å². The van der Waals surface area contributed by atoms with Gasteiger partial charge in [-0.3, -0.25) is 9.59 Å². The van der Waals surface area contributed by atoms with Gasteiger partial charge in [0.05, 0.1) is 5.69 Å². The third-order valence-electron chi connectivity index (χ3n) is 5.07. The van der Waals surface area contributed by atoms with Gasteiger partial charge in [0.25, 0.3) is 5.91 Å². The Morgan fingerprint density at radius 2 is 1.63 bits per heavy atom. The molecule has 0 radical (unpaired) electrons. The van der Waals surface area contributed by atoms with Crippen molar-refractivity contribution in [2.75, 3.05) is 11.9 Å². The molecule has 0 aromatic heterocycles. The van der Waals surface area contributed by atoms with Crippen molar-refractivity contribution in [3.8, 4) is 11.5 Å². The summed E-state index contributed by atoms with van der Waals surface area (Å²) in [6.07, 6.45) is 3.29. The zero-order valence-corrected chi connectivity index (χ0v) is 18.4. The first kappa shape index (κ1) is 21.6. The molecule has 0 bridgehead atoms. The van der Waals surface area contributed by atoms with Gasteiger partial charge in [0.1, 0.15) is 11.5 Å². The molecule has 0 saturated carbocycles. The van der Waals surface area contributed by atoms with Crippen molar-refractivity contribution in [1.82, 2.24) is 0 Å². The fourth-order valence-corrected chi connectivity index (χ4v) is 3.39. The number of hydrogen-bond donors (Lipinski definition) is 2. The minimum Gasteiger partial charge on any atom is -0.507 e. The van der Waals surface area contributed by atoms with Crippen LogP contribution in [-0.4, -0.2) is 23.4 Å². The molecule has 3 rings (SSSR count). The Bertz CT molecular complexity index is 1000. The Balaban J connectivity index is 1.94. The third-order valence-corrected chi connectivity index (χ3v) is 5.07. The van der Waals surface area contributed by atoms with Crippen LogP contribution in [0.3, 0.4) is 0 Å². The summed E-state index contributed by atoms with van der Waals surface area (Å²) < 4.78 is 5.39. The highest BCUT2D eigenvalue weighted by molar-refractivity contribution is 6.08. The van der Waals surface area contributed by atoms with Crippen molar-refractivity contribution in [3.05, 3.63) is 58.7 Å². The van der Waals surface area contributed by atoms with Crippen molar-refractivity contribution in [2.45, 2.75) is 52.4 Å². The largest absolute Gasteiger partial charge is 0.507 e. The normalized spacial score (nSPS) is 14.3. The van der Waals surface area contributed by atoms with Crippen molar-refractivity contribution >= 4 is 23.5 Å². The summed E-state index contributed by atoms with van der Waals surface area (Å²) in [6.45, 7) is 12.3. The molecule has 5 nitrogen and oxygen atoms in total. The summed E-state index contributed by atoms with van der Waals surface area (Å²) in [7, 11) is 0. The van der Waals surface area contributed by atoms with E-state index in [0.717, 1.165) is 16.7 Å². The molecule has 158 valence electrons. The summed E-state index contributed by atoms with van der Waals surface area (Å²) in [6, 6.07) is 8.83. The number of aromatic hydroxyl groups is 1. The van der Waals surface area contributed by atoms with E-state index < -0.39 is 0 Å².